The second-order valence-electron chi connectivity index (χ2n) is 18.2. The van der Waals surface area contributed by atoms with Crippen LogP contribution in [0, 0.1) is 5.92 Å². The molecule has 3 aromatic carbocycles. The van der Waals surface area contributed by atoms with Crippen molar-refractivity contribution in [3.05, 3.63) is 82.7 Å². The van der Waals surface area contributed by atoms with Crippen LogP contribution in [0.25, 0.3) is 11.0 Å². The number of nitrogens with zero attached hydrogens (tertiary/aromatic N) is 8. The van der Waals surface area contributed by atoms with Crippen molar-refractivity contribution in [2.75, 3.05) is 99.8 Å². The van der Waals surface area contributed by atoms with Gasteiger partial charge in [-0.1, -0.05) is 19.1 Å². The van der Waals surface area contributed by atoms with Crippen molar-refractivity contribution >= 4 is 85.7 Å². The van der Waals surface area contributed by atoms with Crippen LogP contribution in [-0.2, 0) is 20.6 Å². The molecule has 342 valence electrons. The molecule has 0 bridgehead atoms. The molecular weight excluding hydrogens is 905 g/mol. The van der Waals surface area contributed by atoms with Crippen molar-refractivity contribution in [2.45, 2.75) is 57.4 Å². The highest BCUT2D eigenvalue weighted by Gasteiger charge is 2.32. The molecule has 2 amide bonds. The van der Waals surface area contributed by atoms with Crippen molar-refractivity contribution in [3.63, 3.8) is 0 Å². The molecule has 15 nitrogen and oxygen atoms in total. The number of carbonyl (C=O) groups excluding carboxylic acids is 2. The van der Waals surface area contributed by atoms with Crippen molar-refractivity contribution in [1.29, 1.82) is 0 Å². The molecule has 1 unspecified atom stereocenters. The fraction of sp³-hybridized carbons (Fsp3) is 0.458. The summed E-state index contributed by atoms with van der Waals surface area (Å²) in [4.78, 5) is 52.7. The van der Waals surface area contributed by atoms with Crippen LogP contribution in [0.2, 0.25) is 0 Å². The molecule has 17 heteroatoms. The predicted molar refractivity (Wildman–Crippen MR) is 262 cm³/mol. The topological polar surface area (TPSA) is 161 Å². The van der Waals surface area contributed by atoms with Gasteiger partial charge in [-0.3, -0.25) is 29.8 Å². The summed E-state index contributed by atoms with van der Waals surface area (Å²) in [5, 5.41) is 9.92. The Balaban J connectivity index is 0.777. The number of rotatable bonds is 13. The van der Waals surface area contributed by atoms with E-state index in [0.717, 1.165) is 95.2 Å². The number of hydrogen-bond acceptors (Lipinski definition) is 14. The first-order chi connectivity index (χ1) is 31.4. The zero-order valence-electron chi connectivity index (χ0n) is 37.7. The van der Waals surface area contributed by atoms with Gasteiger partial charge in [0.05, 0.1) is 39.7 Å². The second-order valence-corrected chi connectivity index (χ2v) is 22.2. The van der Waals surface area contributed by atoms with E-state index >= 15 is 0 Å². The number of anilines is 6. The number of carbonyl (C=O) groups is 2. The van der Waals surface area contributed by atoms with E-state index in [2.05, 4.69) is 110 Å². The molecule has 2 aromatic heterocycles. The summed E-state index contributed by atoms with van der Waals surface area (Å²) in [5.41, 5.74) is 7.37. The molecule has 0 radical (unpaired) electrons. The number of piperidine rings is 2. The Labute approximate surface area is 389 Å². The Hall–Kier alpha value is -5.15. The number of hydrogen-bond donors (Lipinski definition) is 3. The molecule has 65 heavy (non-hydrogen) atoms. The quantitative estimate of drug-likeness (QED) is 0.0808. The molecule has 6 heterocycles. The standard InChI is InChI=1S/C48H59BrN11O4P/c1-5-32-26-40(54-48-52-28-37(49)46(56-48)53-39-12-11-38-44(51-18-17-50-38)45(39)65(3,4)63)42(64-2)27-41(32)59-20-15-35(16-21-59)58-24-22-57(23-25-58)29-31-14-19-60(30-31)34-8-6-33(7-9-34)36-10-13-43(61)55-47(36)62/h6-9,11-12,17-18,26-28,31,35-36H,5,10,13-16,19-25,29-30H2,1-4H3,(H,55,61,62)(H2,52,53,54,56)/t31-,36?/m1/s1. The Morgan fingerprint density at radius 2 is 1.62 bits per heavy atom. The summed E-state index contributed by atoms with van der Waals surface area (Å²) >= 11 is 3.61. The van der Waals surface area contributed by atoms with Crippen LogP contribution in [0.15, 0.2) is 71.6 Å². The number of aryl methyl sites for hydroxylation is 1. The van der Waals surface area contributed by atoms with Crippen LogP contribution >= 0.6 is 23.1 Å². The number of amides is 2. The predicted octanol–water partition coefficient (Wildman–Crippen LogP) is 7.12. The van der Waals surface area contributed by atoms with Crippen molar-refractivity contribution in [2.24, 2.45) is 5.92 Å². The van der Waals surface area contributed by atoms with Crippen LogP contribution in [0.1, 0.15) is 56.1 Å². The number of fused-ring (bicyclic) bond motifs is 1. The molecule has 4 aliphatic heterocycles. The summed E-state index contributed by atoms with van der Waals surface area (Å²) in [6.07, 6.45) is 10.2. The molecule has 4 fully saturated rings. The van der Waals surface area contributed by atoms with Gasteiger partial charge in [0.1, 0.15) is 24.2 Å². The molecule has 2 atom stereocenters. The third kappa shape index (κ3) is 10.0. The number of methoxy groups -OCH3 is 1. The van der Waals surface area contributed by atoms with E-state index in [1.54, 1.807) is 39.0 Å². The number of halogens is 1. The van der Waals surface area contributed by atoms with Crippen molar-refractivity contribution < 1.29 is 18.9 Å². The zero-order valence-corrected chi connectivity index (χ0v) is 40.2. The second kappa shape index (κ2) is 19.4. The lowest BCUT2D eigenvalue weighted by molar-refractivity contribution is -0.134. The van der Waals surface area contributed by atoms with E-state index in [0.29, 0.717) is 63.1 Å². The average Bonchev–Trinajstić information content (AvgIpc) is 3.78. The summed E-state index contributed by atoms with van der Waals surface area (Å²) in [7, 11) is -1.07. The molecule has 0 aliphatic carbocycles. The smallest absolute Gasteiger partial charge is 0.234 e. The van der Waals surface area contributed by atoms with E-state index in [4.69, 9.17) is 9.72 Å². The third-order valence-electron chi connectivity index (χ3n) is 13.6. The maximum absolute atomic E-state index is 13.5. The van der Waals surface area contributed by atoms with E-state index in [-0.39, 0.29) is 17.7 Å². The van der Waals surface area contributed by atoms with Gasteiger partial charge in [0.25, 0.3) is 0 Å². The lowest BCUT2D eigenvalue weighted by Crippen LogP contribution is -2.54. The van der Waals surface area contributed by atoms with E-state index in [1.807, 2.05) is 12.1 Å². The summed E-state index contributed by atoms with van der Waals surface area (Å²) in [6.45, 7) is 15.4. The largest absolute Gasteiger partial charge is 0.494 e. The molecule has 4 saturated heterocycles. The van der Waals surface area contributed by atoms with Gasteiger partial charge in [0.15, 0.2) is 0 Å². The molecule has 5 aromatic rings. The third-order valence-corrected chi connectivity index (χ3v) is 15.7. The highest BCUT2D eigenvalue weighted by molar-refractivity contribution is 9.10. The molecule has 9 rings (SSSR count). The van der Waals surface area contributed by atoms with E-state index in [1.165, 1.54) is 23.4 Å². The summed E-state index contributed by atoms with van der Waals surface area (Å²) < 4.78 is 20.2. The first-order valence-corrected chi connectivity index (χ1v) is 26.3. The highest BCUT2D eigenvalue weighted by atomic mass is 79.9. The van der Waals surface area contributed by atoms with Crippen LogP contribution in [0.3, 0.4) is 0 Å². The number of aromatic nitrogens is 4. The van der Waals surface area contributed by atoms with Gasteiger partial charge < -0.3 is 34.6 Å². The van der Waals surface area contributed by atoms with Crippen LogP contribution < -0.4 is 35.8 Å². The van der Waals surface area contributed by atoms with Crippen LogP contribution in [0.5, 0.6) is 5.75 Å². The van der Waals surface area contributed by atoms with Crippen molar-refractivity contribution in [1.82, 2.24) is 35.1 Å². The monoisotopic (exact) mass is 963 g/mol. The minimum atomic E-state index is -2.77. The molecule has 3 N–H and O–H groups in total. The minimum Gasteiger partial charge on any atom is -0.494 e. The summed E-state index contributed by atoms with van der Waals surface area (Å²) in [5.74, 6) is 1.68. The van der Waals surface area contributed by atoms with Gasteiger partial charge in [-0.2, -0.15) is 4.98 Å². The normalized spacial score (nSPS) is 20.3. The van der Waals surface area contributed by atoms with Gasteiger partial charge in [0.2, 0.25) is 17.8 Å². The van der Waals surface area contributed by atoms with Gasteiger partial charge >= 0.3 is 0 Å². The maximum Gasteiger partial charge on any atom is 0.234 e. The highest BCUT2D eigenvalue weighted by Crippen LogP contribution is 2.42. The van der Waals surface area contributed by atoms with Gasteiger partial charge in [0, 0.05) is 107 Å². The fourth-order valence-corrected chi connectivity index (χ4v) is 11.9. The number of imide groups is 1. The van der Waals surface area contributed by atoms with Gasteiger partial charge in [-0.25, -0.2) is 4.98 Å². The van der Waals surface area contributed by atoms with Crippen LogP contribution in [-0.4, -0.2) is 127 Å². The molecule has 0 saturated carbocycles. The van der Waals surface area contributed by atoms with Gasteiger partial charge in [-0.15, -0.1) is 0 Å². The number of nitrogens with one attached hydrogen (secondary N) is 3. The van der Waals surface area contributed by atoms with Gasteiger partial charge in [-0.05, 0) is 109 Å². The Bertz CT molecular complexity index is 2600. The average molecular weight is 965 g/mol. The van der Waals surface area contributed by atoms with Crippen LogP contribution in [0.4, 0.5) is 34.5 Å². The lowest BCUT2D eigenvalue weighted by atomic mass is 9.90. The number of benzene rings is 3. The van der Waals surface area contributed by atoms with E-state index < -0.39 is 7.14 Å². The van der Waals surface area contributed by atoms with E-state index in [9.17, 15) is 14.2 Å². The summed E-state index contributed by atoms with van der Waals surface area (Å²) in [6, 6.07) is 17.1. The Morgan fingerprint density at radius 3 is 2.34 bits per heavy atom. The molecule has 4 aliphatic rings. The van der Waals surface area contributed by atoms with Crippen molar-refractivity contribution in [3.8, 4) is 5.75 Å². The number of piperazine rings is 1. The molecule has 0 spiro atoms. The fourth-order valence-electron chi connectivity index (χ4n) is 10.2. The first-order valence-electron chi connectivity index (χ1n) is 22.9. The zero-order chi connectivity index (χ0) is 45.2. The first kappa shape index (κ1) is 45.0. The Kier molecular flexibility index (Phi) is 13.4. The SMILES string of the molecule is CCc1cc(Nc2ncc(Br)c(Nc3ccc4nccnc4c3P(C)(C)=O)n2)c(OC)cc1N1CCC(N2CCN(C[C@H]3CCN(c4ccc(C5CCC(=O)NC5=O)cc4)C3)CC2)CC1. The molecular formula is C48H59BrN11O4P. The maximum atomic E-state index is 13.5. The minimum absolute atomic E-state index is 0.174. The lowest BCUT2D eigenvalue weighted by Gasteiger charge is -2.44. The Morgan fingerprint density at radius 1 is 0.862 bits per heavy atom. The number of ether oxygens (including phenoxy) is 1.